The summed E-state index contributed by atoms with van der Waals surface area (Å²) >= 11 is 0. The zero-order chi connectivity index (χ0) is 13.9. The molecule has 106 valence electrons. The van der Waals surface area contributed by atoms with Gasteiger partial charge in [-0.3, -0.25) is 0 Å². The molecule has 2 rings (SSSR count). The molecule has 1 aromatic rings. The van der Waals surface area contributed by atoms with Gasteiger partial charge in [-0.05, 0) is 63.7 Å². The Morgan fingerprint density at radius 1 is 1.26 bits per heavy atom. The molecule has 0 aliphatic heterocycles. The summed E-state index contributed by atoms with van der Waals surface area (Å²) in [5.41, 5.74) is 4.88. The fraction of sp³-hybridized carbons (Fsp3) is 0.647. The lowest BCUT2D eigenvalue weighted by atomic mass is 10.0. The number of nitrogens with zero attached hydrogens (tertiary/aromatic N) is 1. The predicted molar refractivity (Wildman–Crippen MR) is 82.7 cm³/mol. The van der Waals surface area contributed by atoms with Crippen molar-refractivity contribution >= 4 is 0 Å². The van der Waals surface area contributed by atoms with Crippen LogP contribution in [0.5, 0.6) is 0 Å². The smallest absolute Gasteiger partial charge is 0.00472 e. The zero-order valence-electron chi connectivity index (χ0n) is 12.9. The summed E-state index contributed by atoms with van der Waals surface area (Å²) in [6.45, 7) is 7.96. The third kappa shape index (κ3) is 4.05. The SMILES string of the molecule is CNCC1(CN(C)CCc2cc(C)ccc2C)CC1. The van der Waals surface area contributed by atoms with Crippen LogP contribution in [0.1, 0.15) is 29.5 Å². The lowest BCUT2D eigenvalue weighted by Gasteiger charge is -2.24. The van der Waals surface area contributed by atoms with Crippen molar-refractivity contribution in [2.75, 3.05) is 33.7 Å². The maximum Gasteiger partial charge on any atom is 0.00472 e. The van der Waals surface area contributed by atoms with Crippen molar-refractivity contribution in [3.8, 4) is 0 Å². The lowest BCUT2D eigenvalue weighted by Crippen LogP contribution is -2.34. The van der Waals surface area contributed by atoms with Gasteiger partial charge in [-0.15, -0.1) is 0 Å². The van der Waals surface area contributed by atoms with Gasteiger partial charge in [0.15, 0.2) is 0 Å². The Kier molecular flexibility index (Phi) is 4.64. The van der Waals surface area contributed by atoms with Crippen LogP contribution < -0.4 is 5.32 Å². The molecule has 0 spiro atoms. The molecule has 2 nitrogen and oxygen atoms in total. The highest BCUT2D eigenvalue weighted by Crippen LogP contribution is 2.45. The first-order chi connectivity index (χ1) is 9.04. The Labute approximate surface area is 118 Å². The Bertz CT molecular complexity index is 421. The summed E-state index contributed by atoms with van der Waals surface area (Å²) in [4.78, 5) is 2.51. The molecular formula is C17H28N2. The number of aryl methyl sites for hydroxylation is 2. The van der Waals surface area contributed by atoms with Gasteiger partial charge in [-0.25, -0.2) is 0 Å². The van der Waals surface area contributed by atoms with E-state index in [2.05, 4.69) is 56.4 Å². The second kappa shape index (κ2) is 6.06. The van der Waals surface area contributed by atoms with Crippen molar-refractivity contribution < 1.29 is 0 Å². The van der Waals surface area contributed by atoms with Crippen molar-refractivity contribution in [3.05, 3.63) is 34.9 Å². The van der Waals surface area contributed by atoms with E-state index < -0.39 is 0 Å². The van der Waals surface area contributed by atoms with Crippen molar-refractivity contribution in [3.63, 3.8) is 0 Å². The van der Waals surface area contributed by atoms with Gasteiger partial charge in [-0.2, -0.15) is 0 Å². The molecule has 19 heavy (non-hydrogen) atoms. The van der Waals surface area contributed by atoms with Crippen molar-refractivity contribution in [2.24, 2.45) is 5.41 Å². The van der Waals surface area contributed by atoms with E-state index in [4.69, 9.17) is 0 Å². The van der Waals surface area contributed by atoms with Crippen LogP contribution in [0.25, 0.3) is 0 Å². The number of hydrogen-bond donors (Lipinski definition) is 1. The van der Waals surface area contributed by atoms with Gasteiger partial charge in [-0.1, -0.05) is 23.8 Å². The fourth-order valence-electron chi connectivity index (χ4n) is 2.98. The van der Waals surface area contributed by atoms with E-state index in [9.17, 15) is 0 Å². The minimum atomic E-state index is 0.575. The number of likely N-dealkylation sites (N-methyl/N-ethyl adjacent to an activating group) is 1. The highest BCUT2D eigenvalue weighted by Gasteiger charge is 2.42. The number of hydrogen-bond acceptors (Lipinski definition) is 2. The second-order valence-corrected chi connectivity index (χ2v) is 6.45. The van der Waals surface area contributed by atoms with E-state index in [1.807, 2.05) is 0 Å². The molecule has 0 saturated heterocycles. The Morgan fingerprint density at radius 2 is 2.00 bits per heavy atom. The molecule has 2 heteroatoms. The van der Waals surface area contributed by atoms with Gasteiger partial charge in [0, 0.05) is 19.6 Å². The Balaban J connectivity index is 1.83. The molecule has 0 aromatic heterocycles. The summed E-state index contributed by atoms with van der Waals surface area (Å²) in [6, 6.07) is 6.78. The van der Waals surface area contributed by atoms with Crippen LogP contribution in [0.15, 0.2) is 18.2 Å². The quantitative estimate of drug-likeness (QED) is 0.811. The first-order valence-electron chi connectivity index (χ1n) is 7.44. The number of nitrogens with one attached hydrogen (secondary N) is 1. The Hall–Kier alpha value is -0.860. The van der Waals surface area contributed by atoms with Crippen LogP contribution in [0.2, 0.25) is 0 Å². The van der Waals surface area contributed by atoms with E-state index in [0.29, 0.717) is 5.41 Å². The van der Waals surface area contributed by atoms with Gasteiger partial charge < -0.3 is 10.2 Å². The molecule has 1 aliphatic rings. The van der Waals surface area contributed by atoms with E-state index in [-0.39, 0.29) is 0 Å². The maximum absolute atomic E-state index is 3.34. The minimum absolute atomic E-state index is 0.575. The Morgan fingerprint density at radius 3 is 2.63 bits per heavy atom. The maximum atomic E-state index is 3.34. The molecule has 1 fully saturated rings. The van der Waals surface area contributed by atoms with E-state index in [1.165, 1.54) is 49.0 Å². The van der Waals surface area contributed by atoms with Crippen LogP contribution >= 0.6 is 0 Å². The largest absolute Gasteiger partial charge is 0.319 e. The summed E-state index contributed by atoms with van der Waals surface area (Å²) in [6.07, 6.45) is 3.95. The number of benzene rings is 1. The van der Waals surface area contributed by atoms with Gasteiger partial charge in [0.25, 0.3) is 0 Å². The van der Waals surface area contributed by atoms with Crippen LogP contribution in [-0.4, -0.2) is 38.6 Å². The molecule has 0 radical (unpaired) electrons. The van der Waals surface area contributed by atoms with Gasteiger partial charge >= 0.3 is 0 Å². The molecule has 1 aromatic carbocycles. The molecule has 1 aliphatic carbocycles. The van der Waals surface area contributed by atoms with Gasteiger partial charge in [0.05, 0.1) is 0 Å². The minimum Gasteiger partial charge on any atom is -0.319 e. The van der Waals surface area contributed by atoms with Crippen molar-refractivity contribution in [1.29, 1.82) is 0 Å². The third-order valence-corrected chi connectivity index (χ3v) is 4.38. The first-order valence-corrected chi connectivity index (χ1v) is 7.44. The highest BCUT2D eigenvalue weighted by atomic mass is 15.1. The van der Waals surface area contributed by atoms with Crippen LogP contribution in [0, 0.1) is 19.3 Å². The summed E-state index contributed by atoms with van der Waals surface area (Å²) in [7, 11) is 4.33. The lowest BCUT2D eigenvalue weighted by molar-refractivity contribution is 0.262. The average molecular weight is 260 g/mol. The standard InChI is InChI=1S/C17H28N2/c1-14-5-6-15(2)16(11-14)7-10-19(4)13-17(8-9-17)12-18-3/h5-6,11,18H,7-10,12-13H2,1-4H3. The summed E-state index contributed by atoms with van der Waals surface area (Å²) in [5.74, 6) is 0. The van der Waals surface area contributed by atoms with Gasteiger partial charge in [0.1, 0.15) is 0 Å². The molecule has 0 heterocycles. The van der Waals surface area contributed by atoms with Crippen molar-refractivity contribution in [1.82, 2.24) is 10.2 Å². The topological polar surface area (TPSA) is 15.3 Å². The monoisotopic (exact) mass is 260 g/mol. The normalized spacial score (nSPS) is 16.9. The van der Waals surface area contributed by atoms with E-state index >= 15 is 0 Å². The molecule has 0 unspecified atom stereocenters. The van der Waals surface area contributed by atoms with E-state index in [1.54, 1.807) is 0 Å². The summed E-state index contributed by atoms with van der Waals surface area (Å²) < 4.78 is 0. The molecule has 0 amide bonds. The van der Waals surface area contributed by atoms with Crippen LogP contribution in [0.4, 0.5) is 0 Å². The number of rotatable bonds is 7. The molecule has 1 saturated carbocycles. The van der Waals surface area contributed by atoms with Crippen LogP contribution in [-0.2, 0) is 6.42 Å². The molecule has 0 atom stereocenters. The summed E-state index contributed by atoms with van der Waals surface area (Å²) in [5, 5.41) is 3.34. The van der Waals surface area contributed by atoms with Gasteiger partial charge in [0.2, 0.25) is 0 Å². The van der Waals surface area contributed by atoms with E-state index in [0.717, 1.165) is 6.54 Å². The second-order valence-electron chi connectivity index (χ2n) is 6.45. The molecule has 1 N–H and O–H groups in total. The zero-order valence-corrected chi connectivity index (χ0v) is 12.9. The average Bonchev–Trinajstić information content (AvgIpc) is 3.10. The third-order valence-electron chi connectivity index (χ3n) is 4.38. The van der Waals surface area contributed by atoms with Crippen LogP contribution in [0.3, 0.4) is 0 Å². The fourth-order valence-corrected chi connectivity index (χ4v) is 2.98. The highest BCUT2D eigenvalue weighted by molar-refractivity contribution is 5.30. The molecule has 0 bridgehead atoms. The molecular weight excluding hydrogens is 232 g/mol. The van der Waals surface area contributed by atoms with Crippen molar-refractivity contribution in [2.45, 2.75) is 33.1 Å². The first kappa shape index (κ1) is 14.5. The predicted octanol–water partition coefficient (Wildman–Crippen LogP) is 2.78.